The molecule has 0 aromatic heterocycles. The van der Waals surface area contributed by atoms with Gasteiger partial charge in [-0.3, -0.25) is 9.59 Å². The number of esters is 1. The molecular formula is C20H26N2O6. The molecule has 2 atom stereocenters. The van der Waals surface area contributed by atoms with Crippen molar-refractivity contribution < 1.29 is 28.6 Å². The molecule has 8 nitrogen and oxygen atoms in total. The number of nitrogens with one attached hydrogen (secondary N) is 1. The van der Waals surface area contributed by atoms with Crippen LogP contribution in [0.15, 0.2) is 24.3 Å². The summed E-state index contributed by atoms with van der Waals surface area (Å²) in [6.07, 6.45) is 3.69. The Morgan fingerprint density at radius 1 is 1.18 bits per heavy atom. The summed E-state index contributed by atoms with van der Waals surface area (Å²) in [4.78, 5) is 37.8. The summed E-state index contributed by atoms with van der Waals surface area (Å²) in [6.45, 7) is 2.00. The van der Waals surface area contributed by atoms with Crippen LogP contribution in [0.3, 0.4) is 0 Å². The molecule has 8 heteroatoms. The van der Waals surface area contributed by atoms with Crippen LogP contribution >= 0.6 is 0 Å². The van der Waals surface area contributed by atoms with Gasteiger partial charge in [0, 0.05) is 31.5 Å². The highest BCUT2D eigenvalue weighted by Crippen LogP contribution is 2.28. The number of hydrogen-bond donors (Lipinski definition) is 1. The lowest BCUT2D eigenvalue weighted by Crippen LogP contribution is -2.41. The molecule has 0 radical (unpaired) electrons. The third kappa shape index (κ3) is 5.03. The first-order valence-electron chi connectivity index (χ1n) is 9.01. The standard InChI is InChI=1S/C20H26N2O6/c1-5-18(23)21-14-11-15(20(25)28-4)22(12-14)19(24)9-7-13-6-8-16(26-2)17(10-13)27-3/h6-10,14-15H,5,11-12H2,1-4H3,(H,21,23)/b9-7+/t14-,15-/m0/s1. The van der Waals surface area contributed by atoms with Gasteiger partial charge >= 0.3 is 5.97 Å². The van der Waals surface area contributed by atoms with Crippen LogP contribution in [-0.2, 0) is 19.1 Å². The van der Waals surface area contributed by atoms with E-state index in [4.69, 9.17) is 14.2 Å². The number of ether oxygens (including phenoxy) is 3. The van der Waals surface area contributed by atoms with Crippen molar-refractivity contribution in [2.75, 3.05) is 27.9 Å². The molecule has 1 aromatic rings. The SMILES string of the molecule is CCC(=O)N[C@H]1C[C@@H](C(=O)OC)N(C(=O)/C=C/c2ccc(OC)c(OC)c2)C1. The van der Waals surface area contributed by atoms with E-state index in [-0.39, 0.29) is 24.4 Å². The predicted octanol–water partition coefficient (Wildman–Crippen LogP) is 1.39. The molecule has 0 saturated carbocycles. The molecule has 152 valence electrons. The summed E-state index contributed by atoms with van der Waals surface area (Å²) in [7, 11) is 4.36. The van der Waals surface area contributed by atoms with Crippen molar-refractivity contribution in [1.29, 1.82) is 0 Å². The third-order valence-electron chi connectivity index (χ3n) is 4.57. The first kappa shape index (κ1) is 21.3. The zero-order valence-electron chi connectivity index (χ0n) is 16.6. The van der Waals surface area contributed by atoms with Crippen molar-refractivity contribution in [1.82, 2.24) is 10.2 Å². The first-order chi connectivity index (χ1) is 13.4. The van der Waals surface area contributed by atoms with E-state index in [9.17, 15) is 14.4 Å². The number of nitrogens with zero attached hydrogens (tertiary/aromatic N) is 1. The molecule has 1 aromatic carbocycles. The second kappa shape index (κ2) is 9.77. The zero-order chi connectivity index (χ0) is 20.7. The summed E-state index contributed by atoms with van der Waals surface area (Å²) in [6, 6.07) is 4.27. The summed E-state index contributed by atoms with van der Waals surface area (Å²) >= 11 is 0. The molecule has 1 aliphatic heterocycles. The van der Waals surface area contributed by atoms with Gasteiger partial charge in [-0.15, -0.1) is 0 Å². The van der Waals surface area contributed by atoms with Crippen molar-refractivity contribution in [3.63, 3.8) is 0 Å². The van der Waals surface area contributed by atoms with Crippen molar-refractivity contribution in [2.45, 2.75) is 31.8 Å². The second-order valence-electron chi connectivity index (χ2n) is 6.33. The van der Waals surface area contributed by atoms with Crippen LogP contribution < -0.4 is 14.8 Å². The molecule has 1 heterocycles. The minimum Gasteiger partial charge on any atom is -0.493 e. The Hall–Kier alpha value is -3.03. The maximum absolute atomic E-state index is 12.7. The highest BCUT2D eigenvalue weighted by atomic mass is 16.5. The van der Waals surface area contributed by atoms with Gasteiger partial charge in [-0.05, 0) is 23.8 Å². The Labute approximate surface area is 164 Å². The molecule has 1 saturated heterocycles. The van der Waals surface area contributed by atoms with E-state index in [0.717, 1.165) is 5.56 Å². The average molecular weight is 390 g/mol. The predicted molar refractivity (Wildman–Crippen MR) is 103 cm³/mol. The lowest BCUT2D eigenvalue weighted by atomic mass is 10.1. The van der Waals surface area contributed by atoms with Crippen LogP contribution in [0.1, 0.15) is 25.3 Å². The number of hydrogen-bond acceptors (Lipinski definition) is 6. The molecule has 2 amide bonds. The summed E-state index contributed by atoms with van der Waals surface area (Å²) in [5.41, 5.74) is 0.746. The lowest BCUT2D eigenvalue weighted by molar-refractivity contribution is -0.149. The highest BCUT2D eigenvalue weighted by Gasteiger charge is 2.40. The Kier molecular flexibility index (Phi) is 7.43. The lowest BCUT2D eigenvalue weighted by Gasteiger charge is -2.20. The fraction of sp³-hybridized carbons (Fsp3) is 0.450. The molecule has 0 unspecified atom stereocenters. The van der Waals surface area contributed by atoms with E-state index in [0.29, 0.717) is 24.3 Å². The van der Waals surface area contributed by atoms with Gasteiger partial charge in [-0.1, -0.05) is 13.0 Å². The Balaban J connectivity index is 2.14. The van der Waals surface area contributed by atoms with Crippen molar-refractivity contribution >= 4 is 23.9 Å². The van der Waals surface area contributed by atoms with Crippen LogP contribution in [0.2, 0.25) is 0 Å². The Bertz CT molecular complexity index is 761. The van der Waals surface area contributed by atoms with E-state index in [1.54, 1.807) is 38.3 Å². The third-order valence-corrected chi connectivity index (χ3v) is 4.57. The number of carbonyl (C=O) groups is 3. The number of rotatable bonds is 7. The number of likely N-dealkylation sites (tertiary alicyclic amines) is 1. The van der Waals surface area contributed by atoms with Gasteiger partial charge in [-0.25, -0.2) is 4.79 Å². The molecule has 1 aliphatic rings. The number of carbonyl (C=O) groups excluding carboxylic acids is 3. The highest BCUT2D eigenvalue weighted by molar-refractivity contribution is 5.95. The van der Waals surface area contributed by atoms with E-state index in [1.807, 2.05) is 0 Å². The van der Waals surface area contributed by atoms with E-state index in [2.05, 4.69) is 5.32 Å². The smallest absolute Gasteiger partial charge is 0.328 e. The fourth-order valence-electron chi connectivity index (χ4n) is 3.09. The monoisotopic (exact) mass is 390 g/mol. The molecule has 2 rings (SSSR count). The summed E-state index contributed by atoms with van der Waals surface area (Å²) in [5, 5.41) is 2.83. The van der Waals surface area contributed by atoms with Crippen LogP contribution in [0.25, 0.3) is 6.08 Å². The van der Waals surface area contributed by atoms with Crippen molar-refractivity contribution in [2.24, 2.45) is 0 Å². The van der Waals surface area contributed by atoms with E-state index < -0.39 is 12.0 Å². The van der Waals surface area contributed by atoms with Gasteiger partial charge in [0.2, 0.25) is 11.8 Å². The Morgan fingerprint density at radius 3 is 2.50 bits per heavy atom. The van der Waals surface area contributed by atoms with Gasteiger partial charge in [0.15, 0.2) is 11.5 Å². The number of benzene rings is 1. The van der Waals surface area contributed by atoms with Crippen LogP contribution in [0.4, 0.5) is 0 Å². The summed E-state index contributed by atoms with van der Waals surface area (Å²) < 4.78 is 15.3. The maximum Gasteiger partial charge on any atom is 0.328 e. The topological polar surface area (TPSA) is 94.2 Å². The fourth-order valence-corrected chi connectivity index (χ4v) is 3.09. The maximum atomic E-state index is 12.7. The molecular weight excluding hydrogens is 364 g/mol. The minimum atomic E-state index is -0.727. The molecule has 1 N–H and O–H groups in total. The molecule has 0 spiro atoms. The van der Waals surface area contributed by atoms with Gasteiger partial charge in [0.05, 0.1) is 21.3 Å². The number of amides is 2. The van der Waals surface area contributed by atoms with Gasteiger partial charge in [-0.2, -0.15) is 0 Å². The van der Waals surface area contributed by atoms with E-state index in [1.165, 1.54) is 25.2 Å². The molecule has 0 bridgehead atoms. The minimum absolute atomic E-state index is 0.121. The average Bonchev–Trinajstić information content (AvgIpc) is 3.14. The first-order valence-corrected chi connectivity index (χ1v) is 9.01. The second-order valence-corrected chi connectivity index (χ2v) is 6.33. The van der Waals surface area contributed by atoms with E-state index >= 15 is 0 Å². The molecule has 0 aliphatic carbocycles. The van der Waals surface area contributed by atoms with Crippen molar-refractivity contribution in [3.8, 4) is 11.5 Å². The van der Waals surface area contributed by atoms with Crippen LogP contribution in [0.5, 0.6) is 11.5 Å². The Morgan fingerprint density at radius 2 is 1.89 bits per heavy atom. The van der Waals surface area contributed by atoms with Crippen molar-refractivity contribution in [3.05, 3.63) is 29.8 Å². The normalized spacial score (nSPS) is 18.8. The number of methoxy groups -OCH3 is 3. The van der Waals surface area contributed by atoms with Gasteiger partial charge in [0.25, 0.3) is 0 Å². The van der Waals surface area contributed by atoms with Gasteiger partial charge < -0.3 is 24.4 Å². The molecule has 1 fully saturated rings. The quantitative estimate of drug-likeness (QED) is 0.558. The zero-order valence-corrected chi connectivity index (χ0v) is 16.6. The largest absolute Gasteiger partial charge is 0.493 e. The summed E-state index contributed by atoms with van der Waals surface area (Å²) in [5.74, 6) is 0.183. The molecule has 28 heavy (non-hydrogen) atoms. The van der Waals surface area contributed by atoms with Gasteiger partial charge in [0.1, 0.15) is 6.04 Å². The van der Waals surface area contributed by atoms with Crippen LogP contribution in [-0.4, -0.2) is 62.6 Å². The van der Waals surface area contributed by atoms with Crippen LogP contribution in [0, 0.1) is 0 Å².